The molecule has 3 nitrogen and oxygen atoms in total. The average molecular weight is 289 g/mol. The van der Waals surface area contributed by atoms with Crippen molar-refractivity contribution in [2.75, 3.05) is 6.61 Å². The number of aliphatic hydroxyl groups excluding tert-OH is 1. The number of ether oxygens (including phenoxy) is 1. The van der Waals surface area contributed by atoms with Gasteiger partial charge in [-0.1, -0.05) is 30.3 Å². The van der Waals surface area contributed by atoms with Crippen molar-refractivity contribution >= 4 is 0 Å². The van der Waals surface area contributed by atoms with Crippen LogP contribution in [0.15, 0.2) is 48.5 Å². The van der Waals surface area contributed by atoms with E-state index in [-0.39, 0.29) is 12.4 Å². The fraction of sp³-hybridized carbons (Fsp3) is 0.294. The van der Waals surface area contributed by atoms with Crippen molar-refractivity contribution in [3.63, 3.8) is 0 Å². The molecule has 2 aromatic carbocycles. The number of nitrogens with two attached hydrogens (primary N) is 1. The van der Waals surface area contributed by atoms with Gasteiger partial charge < -0.3 is 15.6 Å². The summed E-state index contributed by atoms with van der Waals surface area (Å²) in [6.45, 7) is 1.75. The van der Waals surface area contributed by atoms with Crippen LogP contribution >= 0.6 is 0 Å². The normalized spacial score (nSPS) is 13.7. The second-order valence-electron chi connectivity index (χ2n) is 5.14. The Balaban J connectivity index is 1.86. The van der Waals surface area contributed by atoms with E-state index >= 15 is 0 Å². The fourth-order valence-electron chi connectivity index (χ4n) is 2.03. The Morgan fingerprint density at radius 1 is 1.19 bits per heavy atom. The minimum atomic E-state index is -0.782. The topological polar surface area (TPSA) is 55.5 Å². The molecule has 0 radical (unpaired) electrons. The molecule has 2 unspecified atom stereocenters. The van der Waals surface area contributed by atoms with Gasteiger partial charge in [0.15, 0.2) is 0 Å². The van der Waals surface area contributed by atoms with Crippen molar-refractivity contribution < 1.29 is 14.2 Å². The lowest BCUT2D eigenvalue weighted by Gasteiger charge is -2.19. The number of aliphatic hydroxyl groups is 1. The number of benzene rings is 2. The van der Waals surface area contributed by atoms with Crippen LogP contribution in [0.3, 0.4) is 0 Å². The van der Waals surface area contributed by atoms with Crippen molar-refractivity contribution in [2.45, 2.75) is 25.5 Å². The first-order valence-electron chi connectivity index (χ1n) is 6.93. The second-order valence-corrected chi connectivity index (χ2v) is 5.14. The highest BCUT2D eigenvalue weighted by atomic mass is 19.1. The molecule has 2 aromatic rings. The average Bonchev–Trinajstić information content (AvgIpc) is 2.49. The highest BCUT2D eigenvalue weighted by Gasteiger charge is 2.16. The first kappa shape index (κ1) is 15.5. The molecule has 112 valence electrons. The van der Waals surface area contributed by atoms with Crippen molar-refractivity contribution in [1.82, 2.24) is 0 Å². The Hall–Kier alpha value is -1.91. The lowest BCUT2D eigenvalue weighted by molar-refractivity contribution is 0.0851. The van der Waals surface area contributed by atoms with Gasteiger partial charge in [-0.3, -0.25) is 0 Å². The maximum absolute atomic E-state index is 13.1. The fourth-order valence-corrected chi connectivity index (χ4v) is 2.03. The third kappa shape index (κ3) is 4.55. The van der Waals surface area contributed by atoms with Crippen LogP contribution in [0.25, 0.3) is 0 Å². The van der Waals surface area contributed by atoms with Crippen LogP contribution in [-0.4, -0.2) is 23.9 Å². The van der Waals surface area contributed by atoms with Crippen LogP contribution in [0, 0.1) is 12.7 Å². The van der Waals surface area contributed by atoms with Crippen LogP contribution in [-0.2, 0) is 6.42 Å². The first-order chi connectivity index (χ1) is 10.1. The van der Waals surface area contributed by atoms with Crippen LogP contribution in [0.1, 0.15) is 11.1 Å². The number of hydrogen-bond acceptors (Lipinski definition) is 3. The number of hydrogen-bond donors (Lipinski definition) is 2. The molecule has 0 aliphatic rings. The zero-order valence-electron chi connectivity index (χ0n) is 12.0. The first-order valence-corrected chi connectivity index (χ1v) is 6.93. The summed E-state index contributed by atoms with van der Waals surface area (Å²) in [5, 5.41) is 10.0. The molecular formula is C17H20FNO2. The van der Waals surface area contributed by atoms with Crippen LogP contribution in [0.2, 0.25) is 0 Å². The molecule has 0 aromatic heterocycles. The van der Waals surface area contributed by atoms with Gasteiger partial charge in [-0.2, -0.15) is 0 Å². The quantitative estimate of drug-likeness (QED) is 0.859. The summed E-state index contributed by atoms with van der Waals surface area (Å²) in [7, 11) is 0. The molecule has 0 heterocycles. The summed E-state index contributed by atoms with van der Waals surface area (Å²) in [6, 6.07) is 13.8. The third-order valence-electron chi connectivity index (χ3n) is 3.36. The van der Waals surface area contributed by atoms with E-state index in [0.717, 1.165) is 5.56 Å². The highest BCUT2D eigenvalue weighted by Crippen LogP contribution is 2.16. The SMILES string of the molecule is Cc1cc(OCC(O)C(N)Cc2ccccc2)ccc1F. The Kier molecular flexibility index (Phi) is 5.31. The molecule has 0 aliphatic heterocycles. The zero-order chi connectivity index (χ0) is 15.2. The van der Waals surface area contributed by atoms with Gasteiger partial charge in [-0.05, 0) is 42.7 Å². The van der Waals surface area contributed by atoms with Gasteiger partial charge in [0.1, 0.15) is 24.3 Å². The Morgan fingerprint density at radius 2 is 1.90 bits per heavy atom. The summed E-state index contributed by atoms with van der Waals surface area (Å²) in [6.07, 6.45) is -0.205. The third-order valence-corrected chi connectivity index (χ3v) is 3.36. The number of halogens is 1. The summed E-state index contributed by atoms with van der Waals surface area (Å²) in [4.78, 5) is 0. The molecular weight excluding hydrogens is 269 g/mol. The smallest absolute Gasteiger partial charge is 0.126 e. The molecule has 3 N–H and O–H groups in total. The summed E-state index contributed by atoms with van der Waals surface area (Å²) >= 11 is 0. The molecule has 21 heavy (non-hydrogen) atoms. The molecule has 0 saturated carbocycles. The molecule has 4 heteroatoms. The van der Waals surface area contributed by atoms with Crippen molar-refractivity contribution in [1.29, 1.82) is 0 Å². The molecule has 0 amide bonds. The Labute approximate surface area is 124 Å². The van der Waals surface area contributed by atoms with E-state index in [1.54, 1.807) is 13.0 Å². The lowest BCUT2D eigenvalue weighted by Crippen LogP contribution is -2.40. The second kappa shape index (κ2) is 7.20. The largest absolute Gasteiger partial charge is 0.491 e. The van der Waals surface area contributed by atoms with E-state index in [0.29, 0.717) is 17.7 Å². The van der Waals surface area contributed by atoms with Gasteiger partial charge in [0.05, 0.1) is 0 Å². The van der Waals surface area contributed by atoms with Gasteiger partial charge in [-0.15, -0.1) is 0 Å². The molecule has 2 rings (SSSR count). The van der Waals surface area contributed by atoms with E-state index in [9.17, 15) is 9.50 Å². The maximum Gasteiger partial charge on any atom is 0.126 e. The summed E-state index contributed by atoms with van der Waals surface area (Å²) in [5.74, 6) is 0.253. The van der Waals surface area contributed by atoms with Crippen molar-refractivity contribution in [3.8, 4) is 5.75 Å². The van der Waals surface area contributed by atoms with Gasteiger partial charge in [0.25, 0.3) is 0 Å². The van der Waals surface area contributed by atoms with Gasteiger partial charge in [-0.25, -0.2) is 4.39 Å². The van der Waals surface area contributed by atoms with Crippen LogP contribution in [0.4, 0.5) is 4.39 Å². The summed E-state index contributed by atoms with van der Waals surface area (Å²) in [5.41, 5.74) is 7.56. The van der Waals surface area contributed by atoms with Crippen LogP contribution < -0.4 is 10.5 Å². The van der Waals surface area contributed by atoms with E-state index in [4.69, 9.17) is 10.5 Å². The molecule has 0 spiro atoms. The molecule has 0 saturated heterocycles. The van der Waals surface area contributed by atoms with E-state index < -0.39 is 12.1 Å². The minimum absolute atomic E-state index is 0.0824. The maximum atomic E-state index is 13.1. The van der Waals surface area contributed by atoms with E-state index in [1.165, 1.54) is 12.1 Å². The van der Waals surface area contributed by atoms with Gasteiger partial charge in [0.2, 0.25) is 0 Å². The predicted molar refractivity (Wildman–Crippen MR) is 80.8 cm³/mol. The highest BCUT2D eigenvalue weighted by molar-refractivity contribution is 5.28. The standard InChI is InChI=1S/C17H20FNO2/c1-12-9-14(7-8-15(12)18)21-11-17(20)16(19)10-13-5-3-2-4-6-13/h2-9,16-17,20H,10-11,19H2,1H3. The monoisotopic (exact) mass is 289 g/mol. The van der Waals surface area contributed by atoms with E-state index in [2.05, 4.69) is 0 Å². The number of aryl methyl sites for hydroxylation is 1. The Morgan fingerprint density at radius 3 is 2.57 bits per heavy atom. The minimum Gasteiger partial charge on any atom is -0.491 e. The number of rotatable bonds is 6. The molecule has 2 atom stereocenters. The Bertz CT molecular complexity index is 574. The summed E-state index contributed by atoms with van der Waals surface area (Å²) < 4.78 is 18.6. The van der Waals surface area contributed by atoms with E-state index in [1.807, 2.05) is 30.3 Å². The van der Waals surface area contributed by atoms with Crippen molar-refractivity contribution in [3.05, 3.63) is 65.5 Å². The van der Waals surface area contributed by atoms with Gasteiger partial charge in [0, 0.05) is 6.04 Å². The zero-order valence-corrected chi connectivity index (χ0v) is 12.0. The molecule has 0 aliphatic carbocycles. The lowest BCUT2D eigenvalue weighted by atomic mass is 10.0. The van der Waals surface area contributed by atoms with Crippen molar-refractivity contribution in [2.24, 2.45) is 5.73 Å². The molecule has 0 bridgehead atoms. The van der Waals surface area contributed by atoms with Gasteiger partial charge >= 0.3 is 0 Å². The van der Waals surface area contributed by atoms with Crippen LogP contribution in [0.5, 0.6) is 5.75 Å². The predicted octanol–water partition coefficient (Wildman–Crippen LogP) is 2.44. The molecule has 0 fully saturated rings.